The molecule has 1 atom stereocenters. The third-order valence-electron chi connectivity index (χ3n) is 7.67. The predicted octanol–water partition coefficient (Wildman–Crippen LogP) is 6.76. The number of ether oxygens (including phenoxy) is 1. The largest absolute Gasteiger partial charge is 0.494 e. The zero-order valence-electron chi connectivity index (χ0n) is 27.2. The van der Waals surface area contributed by atoms with Gasteiger partial charge in [-0.15, -0.1) is 0 Å². The third-order valence-corrected chi connectivity index (χ3v) is 9.99. The van der Waals surface area contributed by atoms with E-state index in [4.69, 9.17) is 4.74 Å². The van der Waals surface area contributed by atoms with Gasteiger partial charge in [-0.2, -0.15) is 0 Å². The van der Waals surface area contributed by atoms with Crippen LogP contribution in [0.2, 0.25) is 0 Å². The highest BCUT2D eigenvalue weighted by atomic mass is 79.9. The molecule has 10 heteroatoms. The summed E-state index contributed by atoms with van der Waals surface area (Å²) in [6.07, 6.45) is 0.255. The summed E-state index contributed by atoms with van der Waals surface area (Å²) in [5.74, 6) is -0.0335. The molecule has 0 aliphatic carbocycles. The van der Waals surface area contributed by atoms with Crippen molar-refractivity contribution in [2.75, 3.05) is 24.0 Å². The van der Waals surface area contributed by atoms with E-state index >= 15 is 0 Å². The Labute approximate surface area is 286 Å². The number of carbonyl (C=O) groups is 2. The van der Waals surface area contributed by atoms with E-state index in [1.165, 1.54) is 17.0 Å². The van der Waals surface area contributed by atoms with Gasteiger partial charge in [-0.05, 0) is 85.0 Å². The Morgan fingerprint density at radius 2 is 1.51 bits per heavy atom. The number of anilines is 1. The summed E-state index contributed by atoms with van der Waals surface area (Å²) in [5, 5.41) is 3.02. The van der Waals surface area contributed by atoms with Crippen molar-refractivity contribution in [1.82, 2.24) is 10.2 Å². The van der Waals surface area contributed by atoms with E-state index in [1.54, 1.807) is 36.4 Å². The molecular formula is C37H42BrN3O5S. The van der Waals surface area contributed by atoms with Crippen molar-refractivity contribution in [3.05, 3.63) is 124 Å². The molecule has 0 fully saturated rings. The highest BCUT2D eigenvalue weighted by Gasteiger charge is 2.35. The quantitative estimate of drug-likeness (QED) is 0.147. The maximum absolute atomic E-state index is 14.6. The number of nitrogens with zero attached hydrogens (tertiary/aromatic N) is 2. The van der Waals surface area contributed by atoms with Gasteiger partial charge in [-0.25, -0.2) is 8.42 Å². The molecule has 2 amide bonds. The number of aryl methyl sites for hydroxylation is 1. The van der Waals surface area contributed by atoms with Gasteiger partial charge >= 0.3 is 0 Å². The van der Waals surface area contributed by atoms with E-state index in [2.05, 4.69) is 21.2 Å². The summed E-state index contributed by atoms with van der Waals surface area (Å²) in [4.78, 5) is 30.1. The molecule has 0 radical (unpaired) electrons. The van der Waals surface area contributed by atoms with Gasteiger partial charge in [0.25, 0.3) is 10.0 Å². The highest BCUT2D eigenvalue weighted by Crippen LogP contribution is 2.28. The zero-order chi connectivity index (χ0) is 34.0. The van der Waals surface area contributed by atoms with Crippen LogP contribution in [0.15, 0.2) is 112 Å². The summed E-state index contributed by atoms with van der Waals surface area (Å²) in [6, 6.07) is 29.2. The monoisotopic (exact) mass is 719 g/mol. The normalized spacial score (nSPS) is 12.0. The molecule has 0 spiro atoms. The van der Waals surface area contributed by atoms with Crippen LogP contribution in [0.5, 0.6) is 5.75 Å². The maximum atomic E-state index is 14.6. The van der Waals surface area contributed by atoms with Crippen LogP contribution in [0.4, 0.5) is 5.69 Å². The molecule has 4 aromatic rings. The van der Waals surface area contributed by atoms with Crippen molar-refractivity contribution >= 4 is 43.5 Å². The van der Waals surface area contributed by atoms with Crippen LogP contribution >= 0.6 is 15.9 Å². The lowest BCUT2D eigenvalue weighted by Gasteiger charge is -2.34. The van der Waals surface area contributed by atoms with Crippen molar-refractivity contribution < 1.29 is 22.7 Å². The van der Waals surface area contributed by atoms with E-state index in [9.17, 15) is 18.0 Å². The van der Waals surface area contributed by atoms with Gasteiger partial charge in [0, 0.05) is 24.0 Å². The molecule has 1 unspecified atom stereocenters. The molecule has 0 bridgehead atoms. The lowest BCUT2D eigenvalue weighted by Crippen LogP contribution is -2.53. The van der Waals surface area contributed by atoms with Crippen LogP contribution in [0, 0.1) is 12.8 Å². The van der Waals surface area contributed by atoms with Crippen LogP contribution < -0.4 is 14.4 Å². The second-order valence-electron chi connectivity index (χ2n) is 11.7. The van der Waals surface area contributed by atoms with Crippen LogP contribution in [-0.4, -0.2) is 50.9 Å². The number of hydrogen-bond donors (Lipinski definition) is 1. The first-order chi connectivity index (χ1) is 22.5. The van der Waals surface area contributed by atoms with E-state index < -0.39 is 28.5 Å². The van der Waals surface area contributed by atoms with Gasteiger partial charge in [0.2, 0.25) is 11.8 Å². The average molecular weight is 721 g/mol. The predicted molar refractivity (Wildman–Crippen MR) is 190 cm³/mol. The fourth-order valence-corrected chi connectivity index (χ4v) is 6.76. The molecular weight excluding hydrogens is 678 g/mol. The first-order valence-corrected chi connectivity index (χ1v) is 17.9. The molecule has 0 saturated heterocycles. The number of halogens is 1. The van der Waals surface area contributed by atoms with Crippen molar-refractivity contribution in [3.63, 3.8) is 0 Å². The van der Waals surface area contributed by atoms with Gasteiger partial charge in [0.05, 0.1) is 17.2 Å². The SMILES string of the molecule is CCOc1ccc(N(CC(=O)N(Cc2ccccc2C)C(Cc2ccccc2)C(=O)NCC(C)C)S(=O)(=O)c2ccc(Br)cc2)cc1. The Morgan fingerprint density at radius 3 is 2.13 bits per heavy atom. The summed E-state index contributed by atoms with van der Waals surface area (Å²) in [6.45, 7) is 8.31. The van der Waals surface area contributed by atoms with E-state index in [0.29, 0.717) is 24.6 Å². The number of sulfonamides is 1. The van der Waals surface area contributed by atoms with Crippen LogP contribution in [0.1, 0.15) is 37.5 Å². The Bertz CT molecular complexity index is 1730. The number of hydrogen-bond acceptors (Lipinski definition) is 5. The minimum Gasteiger partial charge on any atom is -0.494 e. The van der Waals surface area contributed by atoms with E-state index in [1.807, 2.05) is 82.3 Å². The second kappa shape index (κ2) is 16.6. The maximum Gasteiger partial charge on any atom is 0.264 e. The number of nitrogens with one attached hydrogen (secondary N) is 1. The van der Waals surface area contributed by atoms with Crippen LogP contribution in [-0.2, 0) is 32.6 Å². The average Bonchev–Trinajstić information content (AvgIpc) is 3.06. The minimum absolute atomic E-state index is 0.0309. The van der Waals surface area contributed by atoms with Gasteiger partial charge in [-0.1, -0.05) is 84.4 Å². The number of carbonyl (C=O) groups excluding carboxylic acids is 2. The molecule has 248 valence electrons. The van der Waals surface area contributed by atoms with E-state index in [0.717, 1.165) is 25.5 Å². The number of amides is 2. The van der Waals surface area contributed by atoms with Gasteiger partial charge in [0.15, 0.2) is 0 Å². The number of rotatable bonds is 15. The molecule has 8 nitrogen and oxygen atoms in total. The van der Waals surface area contributed by atoms with Gasteiger partial charge in [-0.3, -0.25) is 13.9 Å². The first-order valence-electron chi connectivity index (χ1n) is 15.7. The molecule has 0 aromatic heterocycles. The summed E-state index contributed by atoms with van der Waals surface area (Å²) >= 11 is 3.37. The first kappa shape index (κ1) is 35.7. The molecule has 1 N–H and O–H groups in total. The second-order valence-corrected chi connectivity index (χ2v) is 14.5. The Balaban J connectivity index is 1.80. The summed E-state index contributed by atoms with van der Waals surface area (Å²) in [5.41, 5.74) is 2.99. The molecule has 0 heterocycles. The number of benzene rings is 4. The molecule has 0 aliphatic rings. The molecule has 0 saturated carbocycles. The fourth-order valence-electron chi connectivity index (χ4n) is 5.09. The molecule has 0 aliphatic heterocycles. The van der Waals surface area contributed by atoms with Gasteiger partial charge < -0.3 is 15.0 Å². The van der Waals surface area contributed by atoms with Crippen LogP contribution in [0.25, 0.3) is 0 Å². The fraction of sp³-hybridized carbons (Fsp3) is 0.297. The highest BCUT2D eigenvalue weighted by molar-refractivity contribution is 9.10. The van der Waals surface area contributed by atoms with Crippen molar-refractivity contribution in [3.8, 4) is 5.75 Å². The standard InChI is InChI=1S/C37H42BrN3O5S/c1-5-46-33-19-17-32(18-20-33)41(47(44,45)34-21-15-31(38)16-22-34)26-36(42)40(25-30-14-10-9-11-28(30)4)35(37(43)39-24-27(2)3)23-29-12-7-6-8-13-29/h6-22,27,35H,5,23-26H2,1-4H3,(H,39,43). The molecule has 4 rings (SSSR count). The van der Waals surface area contributed by atoms with Crippen molar-refractivity contribution in [2.24, 2.45) is 5.92 Å². The Morgan fingerprint density at radius 1 is 0.872 bits per heavy atom. The molecule has 4 aromatic carbocycles. The van der Waals surface area contributed by atoms with Crippen molar-refractivity contribution in [1.29, 1.82) is 0 Å². The van der Waals surface area contributed by atoms with Crippen molar-refractivity contribution in [2.45, 2.75) is 51.6 Å². The topological polar surface area (TPSA) is 96.0 Å². The van der Waals surface area contributed by atoms with E-state index in [-0.39, 0.29) is 29.7 Å². The lowest BCUT2D eigenvalue weighted by molar-refractivity contribution is -0.140. The minimum atomic E-state index is -4.21. The summed E-state index contributed by atoms with van der Waals surface area (Å²) < 4.78 is 35.9. The Hall–Kier alpha value is -4.15. The smallest absolute Gasteiger partial charge is 0.264 e. The molecule has 47 heavy (non-hydrogen) atoms. The lowest BCUT2D eigenvalue weighted by atomic mass is 10.0. The van der Waals surface area contributed by atoms with Gasteiger partial charge in [0.1, 0.15) is 18.3 Å². The summed E-state index contributed by atoms with van der Waals surface area (Å²) in [7, 11) is -4.21. The van der Waals surface area contributed by atoms with Crippen LogP contribution in [0.3, 0.4) is 0 Å². The zero-order valence-corrected chi connectivity index (χ0v) is 29.6. The third kappa shape index (κ3) is 9.68. The Kier molecular flexibility index (Phi) is 12.6.